The Morgan fingerprint density at radius 1 is 1.50 bits per heavy atom. The Morgan fingerprint density at radius 3 is 2.81 bits per heavy atom. The van der Waals surface area contributed by atoms with Crippen molar-refractivity contribution in [2.24, 2.45) is 5.41 Å². The van der Waals surface area contributed by atoms with Gasteiger partial charge in [-0.1, -0.05) is 20.3 Å². The number of nitrogens with zero attached hydrogens (tertiary/aromatic N) is 2. The van der Waals surface area contributed by atoms with E-state index in [1.165, 1.54) is 19.3 Å². The van der Waals surface area contributed by atoms with Gasteiger partial charge in [0.05, 0.1) is 0 Å². The van der Waals surface area contributed by atoms with Gasteiger partial charge >= 0.3 is 0 Å². The van der Waals surface area contributed by atoms with Crippen LogP contribution in [0.4, 0.5) is 11.8 Å². The van der Waals surface area contributed by atoms with Crippen LogP contribution in [0.25, 0.3) is 0 Å². The average molecular weight is 285 g/mol. The van der Waals surface area contributed by atoms with Crippen LogP contribution in [0.3, 0.4) is 0 Å². The molecule has 3 N–H and O–H groups in total. The second-order valence-electron chi connectivity index (χ2n) is 5.02. The van der Waals surface area contributed by atoms with Crippen LogP contribution < -0.4 is 11.1 Å². The van der Waals surface area contributed by atoms with Gasteiger partial charge in [0.2, 0.25) is 5.95 Å². The van der Waals surface area contributed by atoms with Crippen molar-refractivity contribution >= 4 is 27.7 Å². The summed E-state index contributed by atoms with van der Waals surface area (Å²) in [7, 11) is 0. The van der Waals surface area contributed by atoms with Crippen LogP contribution in [0.15, 0.2) is 10.7 Å². The largest absolute Gasteiger partial charge is 0.383 e. The summed E-state index contributed by atoms with van der Waals surface area (Å²) in [5.41, 5.74) is 5.99. The molecule has 1 aliphatic carbocycles. The molecule has 0 radical (unpaired) electrons. The van der Waals surface area contributed by atoms with Gasteiger partial charge in [-0.3, -0.25) is 0 Å². The van der Waals surface area contributed by atoms with Crippen LogP contribution in [0.2, 0.25) is 0 Å². The fraction of sp³-hybridized carbons (Fsp3) is 0.636. The maximum Gasteiger partial charge on any atom is 0.225 e. The second-order valence-corrected chi connectivity index (χ2v) is 5.83. The van der Waals surface area contributed by atoms with Gasteiger partial charge in [0.15, 0.2) is 0 Å². The first-order valence-electron chi connectivity index (χ1n) is 5.54. The minimum absolute atomic E-state index is 0.306. The SMILES string of the molecule is CC1(C)CCCC1Nc1nc(N)cc(Br)n1. The molecule has 0 amide bonds. The smallest absolute Gasteiger partial charge is 0.225 e. The second kappa shape index (κ2) is 4.20. The molecule has 1 aromatic rings. The number of hydrogen-bond donors (Lipinski definition) is 2. The van der Waals surface area contributed by atoms with Crippen molar-refractivity contribution in [3.63, 3.8) is 0 Å². The molecule has 5 heteroatoms. The predicted molar refractivity (Wildman–Crippen MR) is 69.2 cm³/mol. The third-order valence-corrected chi connectivity index (χ3v) is 3.68. The molecule has 16 heavy (non-hydrogen) atoms. The van der Waals surface area contributed by atoms with Gasteiger partial charge < -0.3 is 11.1 Å². The van der Waals surface area contributed by atoms with Gasteiger partial charge in [0.25, 0.3) is 0 Å². The van der Waals surface area contributed by atoms with Crippen molar-refractivity contribution in [2.45, 2.75) is 39.2 Å². The first kappa shape index (κ1) is 11.6. The molecule has 0 bridgehead atoms. The van der Waals surface area contributed by atoms with Gasteiger partial charge in [-0.25, -0.2) is 4.98 Å². The minimum Gasteiger partial charge on any atom is -0.383 e. The summed E-state index contributed by atoms with van der Waals surface area (Å²) in [6.07, 6.45) is 3.67. The van der Waals surface area contributed by atoms with Crippen LogP contribution in [0.1, 0.15) is 33.1 Å². The Kier molecular flexibility index (Phi) is 3.06. The fourth-order valence-corrected chi connectivity index (χ4v) is 2.65. The molecule has 1 aliphatic rings. The van der Waals surface area contributed by atoms with E-state index in [2.05, 4.69) is 45.1 Å². The Hall–Kier alpha value is -0.840. The normalized spacial score (nSPS) is 23.3. The van der Waals surface area contributed by atoms with Gasteiger partial charge in [0.1, 0.15) is 10.4 Å². The number of nitrogens with one attached hydrogen (secondary N) is 1. The van der Waals surface area contributed by atoms with Crippen LogP contribution in [-0.2, 0) is 0 Å². The summed E-state index contributed by atoms with van der Waals surface area (Å²) in [4.78, 5) is 8.47. The molecule has 0 aromatic carbocycles. The molecular formula is C11H17BrN4. The van der Waals surface area contributed by atoms with E-state index >= 15 is 0 Å². The number of nitrogen functional groups attached to an aromatic ring is 1. The Labute approximate surface area is 104 Å². The fourth-order valence-electron chi connectivity index (χ4n) is 2.25. The van der Waals surface area contributed by atoms with E-state index in [1.54, 1.807) is 6.07 Å². The first-order chi connectivity index (χ1) is 7.47. The third-order valence-electron chi connectivity index (χ3n) is 3.28. The van der Waals surface area contributed by atoms with Crippen LogP contribution in [0.5, 0.6) is 0 Å². The van der Waals surface area contributed by atoms with Crippen molar-refractivity contribution in [3.8, 4) is 0 Å². The van der Waals surface area contributed by atoms with Crippen LogP contribution in [0, 0.1) is 5.41 Å². The highest BCUT2D eigenvalue weighted by Crippen LogP contribution is 2.38. The lowest BCUT2D eigenvalue weighted by atomic mass is 9.87. The first-order valence-corrected chi connectivity index (χ1v) is 6.33. The number of nitrogens with two attached hydrogens (primary N) is 1. The van der Waals surface area contributed by atoms with E-state index in [0.717, 1.165) is 4.60 Å². The van der Waals surface area contributed by atoms with Gasteiger partial charge in [0, 0.05) is 12.1 Å². The van der Waals surface area contributed by atoms with Crippen molar-refractivity contribution in [3.05, 3.63) is 10.7 Å². The topological polar surface area (TPSA) is 63.8 Å². The molecule has 88 valence electrons. The molecule has 0 aliphatic heterocycles. The zero-order chi connectivity index (χ0) is 11.8. The lowest BCUT2D eigenvalue weighted by molar-refractivity contribution is 0.349. The van der Waals surface area contributed by atoms with E-state index < -0.39 is 0 Å². The molecule has 1 fully saturated rings. The zero-order valence-corrected chi connectivity index (χ0v) is 11.2. The van der Waals surface area contributed by atoms with Gasteiger partial charge in [-0.2, -0.15) is 4.98 Å². The van der Waals surface area contributed by atoms with Crippen LogP contribution in [-0.4, -0.2) is 16.0 Å². The van der Waals surface area contributed by atoms with E-state index in [-0.39, 0.29) is 0 Å². The molecule has 1 heterocycles. The summed E-state index contributed by atoms with van der Waals surface area (Å²) in [6.45, 7) is 4.55. The highest BCUT2D eigenvalue weighted by Gasteiger charge is 2.34. The molecule has 0 spiro atoms. The van der Waals surface area contributed by atoms with Gasteiger partial charge in [-0.05, 0) is 34.2 Å². The van der Waals surface area contributed by atoms with Crippen molar-refractivity contribution in [1.29, 1.82) is 0 Å². The molecule has 1 atom stereocenters. The zero-order valence-electron chi connectivity index (χ0n) is 9.63. The number of halogens is 1. The van der Waals surface area contributed by atoms with E-state index in [1.807, 2.05) is 0 Å². The van der Waals surface area contributed by atoms with E-state index in [9.17, 15) is 0 Å². The summed E-state index contributed by atoms with van der Waals surface area (Å²) >= 11 is 3.32. The number of rotatable bonds is 2. The maximum atomic E-state index is 5.68. The van der Waals surface area contributed by atoms with Crippen molar-refractivity contribution in [2.75, 3.05) is 11.1 Å². The number of anilines is 2. The monoisotopic (exact) mass is 284 g/mol. The quantitative estimate of drug-likeness (QED) is 0.820. The molecular weight excluding hydrogens is 268 g/mol. The summed E-state index contributed by atoms with van der Waals surface area (Å²) in [5, 5.41) is 3.38. The van der Waals surface area contributed by atoms with Crippen molar-refractivity contribution in [1.82, 2.24) is 9.97 Å². The molecule has 2 rings (SSSR count). The predicted octanol–water partition coefficient (Wildman–Crippen LogP) is 2.81. The number of aromatic nitrogens is 2. The Bertz CT molecular complexity index is 371. The third kappa shape index (κ3) is 2.45. The molecule has 1 unspecified atom stereocenters. The van der Waals surface area contributed by atoms with E-state index in [0.29, 0.717) is 23.2 Å². The highest BCUT2D eigenvalue weighted by atomic mass is 79.9. The summed E-state index contributed by atoms with van der Waals surface area (Å²) in [5.74, 6) is 1.10. The maximum absolute atomic E-state index is 5.68. The molecule has 0 saturated heterocycles. The standard InChI is InChI=1S/C11H17BrN4/c1-11(2)5-3-4-7(11)14-10-15-8(12)6-9(13)16-10/h6-7H,3-5H2,1-2H3,(H3,13,14,15,16). The lowest BCUT2D eigenvalue weighted by Crippen LogP contribution is -2.31. The minimum atomic E-state index is 0.306. The summed E-state index contributed by atoms with van der Waals surface area (Å²) < 4.78 is 0.721. The lowest BCUT2D eigenvalue weighted by Gasteiger charge is -2.27. The molecule has 1 aromatic heterocycles. The average Bonchev–Trinajstić information content (AvgIpc) is 2.44. The van der Waals surface area contributed by atoms with Crippen molar-refractivity contribution < 1.29 is 0 Å². The van der Waals surface area contributed by atoms with Gasteiger partial charge in [-0.15, -0.1) is 0 Å². The Morgan fingerprint density at radius 2 is 2.25 bits per heavy atom. The van der Waals surface area contributed by atoms with E-state index in [4.69, 9.17) is 5.73 Å². The summed E-state index contributed by atoms with van der Waals surface area (Å²) in [6, 6.07) is 2.13. The molecule has 1 saturated carbocycles. The van der Waals surface area contributed by atoms with Crippen LogP contribution >= 0.6 is 15.9 Å². The highest BCUT2D eigenvalue weighted by molar-refractivity contribution is 9.10. The number of hydrogen-bond acceptors (Lipinski definition) is 4. The Balaban J connectivity index is 2.14. The molecule has 4 nitrogen and oxygen atoms in total.